The number of aliphatic imine (C=N–C) groups is 3. The topological polar surface area (TPSA) is 63.1 Å². The zero-order valence-electron chi connectivity index (χ0n) is 11.1. The van der Waals surface area contributed by atoms with Gasteiger partial charge in [0.05, 0.1) is 0 Å². The molecule has 0 saturated carbocycles. The van der Waals surface area contributed by atoms with E-state index in [9.17, 15) is 0 Å². The minimum atomic E-state index is 0.391. The first-order valence-electron chi connectivity index (χ1n) is 6.23. The molecule has 96 valence electrons. The monoisotopic (exact) mass is 236 g/mol. The lowest BCUT2D eigenvalue weighted by atomic mass is 10.0. The van der Waals surface area contributed by atoms with Crippen LogP contribution in [0.15, 0.2) is 27.3 Å². The Morgan fingerprint density at radius 1 is 1.29 bits per heavy atom. The van der Waals surface area contributed by atoms with Gasteiger partial charge < -0.3 is 5.73 Å². The quantitative estimate of drug-likeness (QED) is 0.511. The zero-order chi connectivity index (χ0) is 12.9. The van der Waals surface area contributed by atoms with Gasteiger partial charge in [0.2, 0.25) is 0 Å². The number of nitrogens with two attached hydrogens (primary N) is 1. The molecule has 0 saturated heterocycles. The van der Waals surface area contributed by atoms with Crippen molar-refractivity contribution in [3.63, 3.8) is 0 Å². The highest BCUT2D eigenvalue weighted by molar-refractivity contribution is 5.87. The lowest BCUT2D eigenvalue weighted by molar-refractivity contribution is 0.652. The molecule has 4 nitrogen and oxygen atoms in total. The third-order valence-corrected chi connectivity index (χ3v) is 2.22. The molecule has 0 aliphatic rings. The molecule has 0 aromatic heterocycles. The SMILES string of the molecule is CCC=N/C=C\C(CC)CC(N)=NC=NCC. The van der Waals surface area contributed by atoms with Crippen LogP contribution in [-0.4, -0.2) is 24.9 Å². The predicted octanol–water partition coefficient (Wildman–Crippen LogP) is 2.80. The Labute approximate surface area is 104 Å². The van der Waals surface area contributed by atoms with Gasteiger partial charge in [-0.25, -0.2) is 4.99 Å². The molecular formula is C13H24N4. The zero-order valence-corrected chi connectivity index (χ0v) is 11.1. The molecular weight excluding hydrogens is 212 g/mol. The maximum Gasteiger partial charge on any atom is 0.111 e. The highest BCUT2D eigenvalue weighted by Gasteiger charge is 2.03. The Morgan fingerprint density at radius 2 is 2.06 bits per heavy atom. The molecule has 0 aliphatic heterocycles. The summed E-state index contributed by atoms with van der Waals surface area (Å²) in [6, 6.07) is 0. The normalized spacial score (nSPS) is 15.4. The summed E-state index contributed by atoms with van der Waals surface area (Å²) >= 11 is 0. The van der Waals surface area contributed by atoms with Gasteiger partial charge >= 0.3 is 0 Å². The first-order valence-corrected chi connectivity index (χ1v) is 6.23. The largest absolute Gasteiger partial charge is 0.387 e. The van der Waals surface area contributed by atoms with E-state index < -0.39 is 0 Å². The van der Waals surface area contributed by atoms with Crippen molar-refractivity contribution >= 4 is 18.4 Å². The van der Waals surface area contributed by atoms with Gasteiger partial charge in [-0.3, -0.25) is 9.98 Å². The summed E-state index contributed by atoms with van der Waals surface area (Å²) in [6.45, 7) is 6.89. The van der Waals surface area contributed by atoms with E-state index in [1.165, 1.54) is 6.34 Å². The summed E-state index contributed by atoms with van der Waals surface area (Å²) in [7, 11) is 0. The van der Waals surface area contributed by atoms with Crippen LogP contribution in [-0.2, 0) is 0 Å². The number of nitrogens with zero attached hydrogens (tertiary/aromatic N) is 3. The second kappa shape index (κ2) is 11.0. The van der Waals surface area contributed by atoms with Crippen LogP contribution in [0.2, 0.25) is 0 Å². The van der Waals surface area contributed by atoms with Crippen LogP contribution in [0.4, 0.5) is 0 Å². The number of allylic oxidation sites excluding steroid dienone is 1. The fraction of sp³-hybridized carbons (Fsp3) is 0.615. The van der Waals surface area contributed by atoms with Crippen molar-refractivity contribution in [3.05, 3.63) is 12.3 Å². The third kappa shape index (κ3) is 9.48. The maximum atomic E-state index is 5.81. The highest BCUT2D eigenvalue weighted by atomic mass is 14.9. The van der Waals surface area contributed by atoms with Crippen LogP contribution in [0, 0.1) is 5.92 Å². The molecule has 0 aromatic rings. The molecule has 2 N–H and O–H groups in total. The molecule has 0 rings (SSSR count). The molecule has 1 atom stereocenters. The van der Waals surface area contributed by atoms with Crippen molar-refractivity contribution in [3.8, 4) is 0 Å². The van der Waals surface area contributed by atoms with E-state index in [0.29, 0.717) is 11.8 Å². The first kappa shape index (κ1) is 15.6. The van der Waals surface area contributed by atoms with Gasteiger partial charge in [0, 0.05) is 25.4 Å². The van der Waals surface area contributed by atoms with Crippen LogP contribution in [0.5, 0.6) is 0 Å². The van der Waals surface area contributed by atoms with E-state index in [0.717, 1.165) is 25.8 Å². The van der Waals surface area contributed by atoms with Crippen molar-refractivity contribution in [2.45, 2.75) is 40.0 Å². The first-order chi connectivity index (χ1) is 8.24. The third-order valence-electron chi connectivity index (χ3n) is 2.22. The predicted molar refractivity (Wildman–Crippen MR) is 77.0 cm³/mol. The molecule has 0 radical (unpaired) electrons. The minimum Gasteiger partial charge on any atom is -0.387 e. The lowest BCUT2D eigenvalue weighted by Crippen LogP contribution is -2.16. The average molecular weight is 236 g/mol. The van der Waals surface area contributed by atoms with Crippen LogP contribution < -0.4 is 5.73 Å². The Hall–Kier alpha value is -1.45. The van der Waals surface area contributed by atoms with E-state index in [1.54, 1.807) is 0 Å². The summed E-state index contributed by atoms with van der Waals surface area (Å²) in [5.41, 5.74) is 5.81. The Balaban J connectivity index is 4.20. The maximum absolute atomic E-state index is 5.81. The van der Waals surface area contributed by atoms with E-state index in [4.69, 9.17) is 5.73 Å². The fourth-order valence-corrected chi connectivity index (χ4v) is 1.20. The highest BCUT2D eigenvalue weighted by Crippen LogP contribution is 2.09. The van der Waals surface area contributed by atoms with Crippen LogP contribution in [0.25, 0.3) is 0 Å². The van der Waals surface area contributed by atoms with E-state index in [2.05, 4.69) is 34.9 Å². The van der Waals surface area contributed by atoms with Crippen molar-refractivity contribution in [1.29, 1.82) is 0 Å². The molecule has 0 fully saturated rings. The molecule has 1 unspecified atom stereocenters. The molecule has 0 bridgehead atoms. The fourth-order valence-electron chi connectivity index (χ4n) is 1.20. The lowest BCUT2D eigenvalue weighted by Gasteiger charge is -2.07. The Morgan fingerprint density at radius 3 is 2.65 bits per heavy atom. The molecule has 0 aromatic carbocycles. The number of hydrogen-bond acceptors (Lipinski definition) is 2. The van der Waals surface area contributed by atoms with Crippen molar-refractivity contribution in [2.24, 2.45) is 26.6 Å². The van der Waals surface area contributed by atoms with Crippen LogP contribution in [0.3, 0.4) is 0 Å². The Bertz CT molecular complexity index is 290. The van der Waals surface area contributed by atoms with Crippen molar-refractivity contribution < 1.29 is 0 Å². The van der Waals surface area contributed by atoms with Gasteiger partial charge in [0.15, 0.2) is 0 Å². The summed E-state index contributed by atoms with van der Waals surface area (Å²) in [6.07, 6.45) is 10.1. The molecule has 0 heterocycles. The molecule has 0 spiro atoms. The summed E-state index contributed by atoms with van der Waals surface area (Å²) < 4.78 is 0. The van der Waals surface area contributed by atoms with Gasteiger partial charge in [-0.15, -0.1) is 0 Å². The average Bonchev–Trinajstić information content (AvgIpc) is 2.33. The standard InChI is InChI=1S/C13H24N4/c1-4-8-16-9-7-12(5-2)10-13(14)17-11-15-6-3/h7-9,11-12H,4-6,10H2,1-3H3,(H2,14,15,17)/b9-7-,16-8?. The summed E-state index contributed by atoms with van der Waals surface area (Å²) in [4.78, 5) is 12.2. The summed E-state index contributed by atoms with van der Waals surface area (Å²) in [5.74, 6) is 1.01. The number of amidine groups is 1. The van der Waals surface area contributed by atoms with Crippen molar-refractivity contribution in [2.75, 3.05) is 6.54 Å². The van der Waals surface area contributed by atoms with Gasteiger partial charge in [-0.2, -0.15) is 0 Å². The molecule has 0 amide bonds. The smallest absolute Gasteiger partial charge is 0.111 e. The van der Waals surface area contributed by atoms with Gasteiger partial charge in [-0.05, 0) is 25.7 Å². The number of rotatable bonds is 8. The van der Waals surface area contributed by atoms with Crippen LogP contribution in [0.1, 0.15) is 40.0 Å². The van der Waals surface area contributed by atoms with E-state index in [-0.39, 0.29) is 0 Å². The van der Waals surface area contributed by atoms with Crippen molar-refractivity contribution in [1.82, 2.24) is 0 Å². The minimum absolute atomic E-state index is 0.391. The van der Waals surface area contributed by atoms with Gasteiger partial charge in [0.1, 0.15) is 12.2 Å². The van der Waals surface area contributed by atoms with E-state index >= 15 is 0 Å². The van der Waals surface area contributed by atoms with Gasteiger partial charge in [0.25, 0.3) is 0 Å². The molecule has 4 heteroatoms. The second-order valence-electron chi connectivity index (χ2n) is 3.69. The van der Waals surface area contributed by atoms with E-state index in [1.807, 2.05) is 19.3 Å². The Kier molecular flexibility index (Phi) is 10.1. The molecule has 0 aliphatic carbocycles. The summed E-state index contributed by atoms with van der Waals surface area (Å²) in [5, 5.41) is 0. The molecule has 17 heavy (non-hydrogen) atoms. The van der Waals surface area contributed by atoms with Gasteiger partial charge in [-0.1, -0.05) is 19.9 Å². The number of hydrogen-bond donors (Lipinski definition) is 1. The van der Waals surface area contributed by atoms with Crippen LogP contribution >= 0.6 is 0 Å². The second-order valence-corrected chi connectivity index (χ2v) is 3.69.